The highest BCUT2D eigenvalue weighted by Crippen LogP contribution is 3.34. The monoisotopic (exact) mass is 246 g/mol. The molecule has 11 aliphatic rings. The third-order valence-electron chi connectivity index (χ3n) is 14.0. The van der Waals surface area contributed by atoms with Crippen molar-refractivity contribution in [3.63, 3.8) is 0 Å². The van der Waals surface area contributed by atoms with Crippen molar-refractivity contribution in [3.8, 4) is 0 Å². The summed E-state index contributed by atoms with van der Waals surface area (Å²) in [5.41, 5.74) is 6.49. The molecule has 0 saturated heterocycles. The first-order chi connectivity index (χ1) is 9.37. The molecule has 11 aliphatic carbocycles. The van der Waals surface area contributed by atoms with Gasteiger partial charge in [0.25, 0.3) is 0 Å². The molecule has 6 spiro atoms. The van der Waals surface area contributed by atoms with Crippen LogP contribution in [-0.2, 0) is 0 Å². The Morgan fingerprint density at radius 1 is 0.579 bits per heavy atom. The second-order valence-electron chi connectivity index (χ2n) is 11.3. The van der Waals surface area contributed by atoms with Gasteiger partial charge < -0.3 is 0 Å². The van der Waals surface area contributed by atoms with Gasteiger partial charge in [0.05, 0.1) is 0 Å². The normalized spacial score (nSPS) is 112. The lowest BCUT2D eigenvalue weighted by atomic mass is 8.69. The van der Waals surface area contributed by atoms with Crippen molar-refractivity contribution in [1.82, 2.24) is 0 Å². The van der Waals surface area contributed by atoms with E-state index in [1.165, 1.54) is 47.3 Å². The second-order valence-corrected chi connectivity index (χ2v) is 11.3. The minimum absolute atomic E-state index is 1.04. The number of fused-ring (bicyclic) bond motifs is 4. The fraction of sp³-hybridized carbons (Fsp3) is 1.00. The van der Waals surface area contributed by atoms with Crippen molar-refractivity contribution < 1.29 is 0 Å². The summed E-state index contributed by atoms with van der Waals surface area (Å²) in [6.07, 6.45) is 8.69. The van der Waals surface area contributed by atoms with E-state index in [0.717, 1.165) is 32.5 Å². The van der Waals surface area contributed by atoms with Crippen LogP contribution in [0.25, 0.3) is 0 Å². The van der Waals surface area contributed by atoms with Gasteiger partial charge in [0.1, 0.15) is 0 Å². The van der Waals surface area contributed by atoms with E-state index < -0.39 is 0 Å². The van der Waals surface area contributed by atoms with Gasteiger partial charge in [0.15, 0.2) is 0 Å². The lowest BCUT2D eigenvalue weighted by Gasteiger charge is -3.34. The molecule has 19 heavy (non-hydrogen) atoms. The summed E-state index contributed by atoms with van der Waals surface area (Å²) >= 11 is 0. The van der Waals surface area contributed by atoms with Gasteiger partial charge in [0, 0.05) is 0 Å². The van der Waals surface area contributed by atoms with Crippen molar-refractivity contribution in [2.75, 3.05) is 0 Å². The van der Waals surface area contributed by atoms with E-state index in [-0.39, 0.29) is 0 Å². The number of hydrogen-bond acceptors (Lipinski definition) is 0. The van der Waals surface area contributed by atoms with Gasteiger partial charge in [-0.2, -0.15) is 0 Å². The Hall–Kier alpha value is 0. The van der Waals surface area contributed by atoms with Crippen LogP contribution in [0.5, 0.6) is 0 Å². The molecule has 0 aromatic heterocycles. The molecule has 0 aromatic carbocycles. The Balaban J connectivity index is 1.41. The van der Waals surface area contributed by atoms with E-state index in [9.17, 15) is 0 Å². The molecule has 0 amide bonds. The third-order valence-corrected chi connectivity index (χ3v) is 14.0. The maximum atomic E-state index is 1.76. The lowest BCUT2D eigenvalue weighted by molar-refractivity contribution is -0.879. The van der Waals surface area contributed by atoms with Gasteiger partial charge in [-0.3, -0.25) is 0 Å². The Kier molecular flexibility index (Phi) is 0.474. The van der Waals surface area contributed by atoms with Crippen molar-refractivity contribution >= 4 is 0 Å². The van der Waals surface area contributed by atoms with Crippen molar-refractivity contribution in [2.24, 2.45) is 79.8 Å². The van der Waals surface area contributed by atoms with Gasteiger partial charge in [-0.05, 0) is 112 Å². The third kappa shape index (κ3) is 0.208. The summed E-state index contributed by atoms with van der Waals surface area (Å²) in [5, 5.41) is 0. The van der Waals surface area contributed by atoms with E-state index >= 15 is 0 Å². The van der Waals surface area contributed by atoms with Crippen LogP contribution < -0.4 is 0 Å². The first-order valence-electron chi connectivity index (χ1n) is 9.37. The molecule has 94 valence electrons. The SMILES string of the molecule is C1C2C3CC4C5C6CC7CC89CC%10C1C21C34C5(C768)C%1091. The van der Waals surface area contributed by atoms with Crippen LogP contribution in [0.4, 0.5) is 0 Å². The zero-order chi connectivity index (χ0) is 11.2. The van der Waals surface area contributed by atoms with Gasteiger partial charge in [-0.15, -0.1) is 0 Å². The predicted molar refractivity (Wildman–Crippen MR) is 65.6 cm³/mol. The van der Waals surface area contributed by atoms with Crippen LogP contribution in [0.2, 0.25) is 0 Å². The molecule has 0 heterocycles. The van der Waals surface area contributed by atoms with E-state index in [2.05, 4.69) is 0 Å². The summed E-state index contributed by atoms with van der Waals surface area (Å²) in [6, 6.07) is 0. The van der Waals surface area contributed by atoms with Gasteiger partial charge >= 0.3 is 0 Å². The minimum atomic E-state index is 1.04. The van der Waals surface area contributed by atoms with Crippen LogP contribution in [0.15, 0.2) is 0 Å². The zero-order valence-corrected chi connectivity index (χ0v) is 11.2. The van der Waals surface area contributed by atoms with E-state index in [0.29, 0.717) is 0 Å². The summed E-state index contributed by atoms with van der Waals surface area (Å²) in [4.78, 5) is 0. The average Bonchev–Trinajstić information content (AvgIpc) is 2.27. The maximum Gasteiger partial charge on any atom is -0.00579 e. The molecular weight excluding hydrogens is 228 g/mol. The quantitative estimate of drug-likeness (QED) is 0.616. The second kappa shape index (κ2) is 1.23. The molecule has 14 atom stereocenters. The van der Waals surface area contributed by atoms with Crippen LogP contribution >= 0.6 is 0 Å². The Labute approximate surface area is 112 Å². The summed E-state index contributed by atoms with van der Waals surface area (Å²) < 4.78 is 0. The van der Waals surface area contributed by atoms with E-state index in [1.54, 1.807) is 32.1 Å². The zero-order valence-electron chi connectivity index (χ0n) is 11.2. The Morgan fingerprint density at radius 2 is 1.32 bits per heavy atom. The van der Waals surface area contributed by atoms with Crippen molar-refractivity contribution in [2.45, 2.75) is 32.1 Å². The van der Waals surface area contributed by atoms with Crippen LogP contribution in [0.1, 0.15) is 32.1 Å². The molecule has 11 rings (SSSR count). The summed E-state index contributed by atoms with van der Waals surface area (Å²) in [7, 11) is 0. The van der Waals surface area contributed by atoms with Crippen LogP contribution in [0.3, 0.4) is 0 Å². The standard InChI is InChI=1S/C19H18/c1-6-4-14-5-12-9-2-7-8-3-11-13-10(1)15(6,14)19(13)17(8,11)16(7,9)18(12,14)19/h6-13H,1-5H2. The molecular formula is C19H18. The molecule has 0 aliphatic heterocycles. The van der Waals surface area contributed by atoms with E-state index in [4.69, 9.17) is 0 Å². The molecule has 0 heteroatoms. The highest BCUT2D eigenvalue weighted by Gasteiger charge is 3.31. The first-order valence-corrected chi connectivity index (χ1v) is 9.37. The lowest BCUT2D eigenvalue weighted by Crippen LogP contribution is -3.31. The van der Waals surface area contributed by atoms with Gasteiger partial charge in [-0.25, -0.2) is 0 Å². The average molecular weight is 246 g/mol. The van der Waals surface area contributed by atoms with Crippen LogP contribution in [0, 0.1) is 79.8 Å². The Morgan fingerprint density at radius 3 is 2.21 bits per heavy atom. The fourth-order valence-electron chi connectivity index (χ4n) is 16.1. The van der Waals surface area contributed by atoms with Gasteiger partial charge in [-0.1, -0.05) is 0 Å². The largest absolute Gasteiger partial charge is 0.0461 e. The summed E-state index contributed by atoms with van der Waals surface area (Å²) in [6.45, 7) is 0. The molecule has 0 bridgehead atoms. The maximum absolute atomic E-state index is 1.76. The van der Waals surface area contributed by atoms with Crippen LogP contribution in [-0.4, -0.2) is 0 Å². The predicted octanol–water partition coefficient (Wildman–Crippen LogP) is 2.93. The molecule has 0 aromatic rings. The molecule has 11 saturated carbocycles. The smallest absolute Gasteiger partial charge is 0.00579 e. The fourth-order valence-corrected chi connectivity index (χ4v) is 16.1. The van der Waals surface area contributed by atoms with Crippen molar-refractivity contribution in [1.29, 1.82) is 0 Å². The molecule has 0 radical (unpaired) electrons. The Bertz CT molecular complexity index is 777. The number of hydrogen-bond donors (Lipinski definition) is 0. The molecule has 11 fully saturated rings. The topological polar surface area (TPSA) is 0 Å². The molecule has 0 nitrogen and oxygen atoms in total. The molecule has 14 unspecified atom stereocenters. The molecule has 0 N–H and O–H groups in total. The van der Waals surface area contributed by atoms with E-state index in [1.807, 2.05) is 0 Å². The first kappa shape index (κ1) is 7.32. The number of rotatable bonds is 0. The highest BCUT2D eigenvalue weighted by molar-refractivity contribution is 5.77. The highest BCUT2D eigenvalue weighted by atomic mass is 15.3. The van der Waals surface area contributed by atoms with Crippen molar-refractivity contribution in [3.05, 3.63) is 0 Å². The van der Waals surface area contributed by atoms with Gasteiger partial charge in [0.2, 0.25) is 0 Å². The summed E-state index contributed by atoms with van der Waals surface area (Å²) in [5.74, 6) is 10.5. The minimum Gasteiger partial charge on any atom is -0.0461 e.